The van der Waals surface area contributed by atoms with E-state index >= 15 is 0 Å². The first kappa shape index (κ1) is 24.7. The predicted octanol–water partition coefficient (Wildman–Crippen LogP) is 4.48. The van der Waals surface area contributed by atoms with Crippen LogP contribution in [0.4, 0.5) is 11.4 Å². The Hall–Kier alpha value is -4.39. The van der Waals surface area contributed by atoms with E-state index in [1.54, 1.807) is 25.1 Å². The molecule has 3 aromatic carbocycles. The molecule has 1 aliphatic rings. The lowest BCUT2D eigenvalue weighted by molar-refractivity contribution is -0.111. The van der Waals surface area contributed by atoms with Gasteiger partial charge in [-0.3, -0.25) is 9.59 Å². The molecule has 36 heavy (non-hydrogen) atoms. The third-order valence-electron chi connectivity index (χ3n) is 5.92. The van der Waals surface area contributed by atoms with E-state index in [4.69, 9.17) is 4.74 Å². The number of carbonyl (C=O) groups is 3. The van der Waals surface area contributed by atoms with Gasteiger partial charge in [0.25, 0.3) is 5.91 Å². The van der Waals surface area contributed by atoms with Crippen molar-refractivity contribution in [3.05, 3.63) is 102 Å². The number of amides is 2. The van der Waals surface area contributed by atoms with Crippen molar-refractivity contribution in [3.63, 3.8) is 0 Å². The second kappa shape index (κ2) is 11.8. The highest BCUT2D eigenvalue weighted by Crippen LogP contribution is 2.29. The summed E-state index contributed by atoms with van der Waals surface area (Å²) in [6, 6.07) is 23.9. The third kappa shape index (κ3) is 6.18. The van der Waals surface area contributed by atoms with Crippen molar-refractivity contribution in [1.29, 1.82) is 0 Å². The van der Waals surface area contributed by atoms with Gasteiger partial charge in [-0.15, -0.1) is 0 Å². The maximum absolute atomic E-state index is 12.8. The van der Waals surface area contributed by atoms with E-state index in [1.165, 1.54) is 6.08 Å². The topological polar surface area (TPSA) is 79.0 Å². The number of nitrogens with one attached hydrogen (secondary N) is 1. The molecular formula is C29H29N3O4. The van der Waals surface area contributed by atoms with Crippen LogP contribution in [0.15, 0.2) is 84.9 Å². The molecule has 4 rings (SSSR count). The zero-order chi connectivity index (χ0) is 25.3. The van der Waals surface area contributed by atoms with E-state index in [0.29, 0.717) is 43.0 Å². The number of hydrogen-bond donors (Lipinski definition) is 1. The second-order valence-corrected chi connectivity index (χ2v) is 8.33. The van der Waals surface area contributed by atoms with Crippen molar-refractivity contribution in [2.45, 2.75) is 6.92 Å². The van der Waals surface area contributed by atoms with Gasteiger partial charge in [-0.05, 0) is 48.9 Å². The molecule has 0 spiro atoms. The summed E-state index contributed by atoms with van der Waals surface area (Å²) >= 11 is 0. The average Bonchev–Trinajstić information content (AvgIpc) is 2.93. The summed E-state index contributed by atoms with van der Waals surface area (Å²) in [6.07, 6.45) is 3.20. The van der Waals surface area contributed by atoms with Gasteiger partial charge in [0.1, 0.15) is 0 Å². The molecule has 7 heteroatoms. The minimum Gasteiger partial charge on any atom is -0.462 e. The SMILES string of the molecule is CCOC(=O)c1ccc(N2CCN(C(=O)c3ccccc3)CC2)c(NC(=O)/C=C/c2ccccc2)c1. The molecule has 0 unspecified atom stereocenters. The maximum Gasteiger partial charge on any atom is 0.338 e. The quantitative estimate of drug-likeness (QED) is 0.396. The molecule has 0 radical (unpaired) electrons. The Labute approximate surface area is 211 Å². The Morgan fingerprint density at radius 3 is 2.19 bits per heavy atom. The highest BCUT2D eigenvalue weighted by molar-refractivity contribution is 6.05. The Balaban J connectivity index is 1.50. The number of rotatable bonds is 7. The van der Waals surface area contributed by atoms with Crippen molar-refractivity contribution in [2.24, 2.45) is 0 Å². The number of esters is 1. The van der Waals surface area contributed by atoms with E-state index in [1.807, 2.05) is 71.6 Å². The predicted molar refractivity (Wildman–Crippen MR) is 141 cm³/mol. The fourth-order valence-corrected chi connectivity index (χ4v) is 4.08. The van der Waals surface area contributed by atoms with Crippen LogP contribution in [0.1, 0.15) is 33.2 Å². The summed E-state index contributed by atoms with van der Waals surface area (Å²) < 4.78 is 5.14. The van der Waals surface area contributed by atoms with Gasteiger partial charge in [-0.2, -0.15) is 0 Å². The molecule has 0 bridgehead atoms. The van der Waals surface area contributed by atoms with Crippen LogP contribution in [0.2, 0.25) is 0 Å². The molecule has 3 aromatic rings. The second-order valence-electron chi connectivity index (χ2n) is 8.33. The lowest BCUT2D eigenvalue weighted by atomic mass is 10.1. The number of ether oxygens (including phenoxy) is 1. The summed E-state index contributed by atoms with van der Waals surface area (Å²) in [5.74, 6) is -0.746. The van der Waals surface area contributed by atoms with Crippen LogP contribution < -0.4 is 10.2 Å². The number of benzene rings is 3. The highest BCUT2D eigenvalue weighted by atomic mass is 16.5. The fraction of sp³-hybridized carbons (Fsp3) is 0.207. The molecule has 2 amide bonds. The summed E-state index contributed by atoms with van der Waals surface area (Å²) in [5, 5.41) is 2.92. The Kier molecular flexibility index (Phi) is 8.13. The van der Waals surface area contributed by atoms with Gasteiger partial charge in [0.2, 0.25) is 5.91 Å². The number of piperazine rings is 1. The lowest BCUT2D eigenvalue weighted by Crippen LogP contribution is -2.49. The van der Waals surface area contributed by atoms with E-state index in [9.17, 15) is 14.4 Å². The van der Waals surface area contributed by atoms with E-state index < -0.39 is 5.97 Å². The number of hydrogen-bond acceptors (Lipinski definition) is 5. The van der Waals surface area contributed by atoms with Gasteiger partial charge >= 0.3 is 5.97 Å². The fourth-order valence-electron chi connectivity index (χ4n) is 4.08. The first-order chi connectivity index (χ1) is 17.5. The summed E-state index contributed by atoms with van der Waals surface area (Å²) in [6.45, 7) is 4.31. The molecule has 0 aromatic heterocycles. The molecular weight excluding hydrogens is 454 g/mol. The zero-order valence-electron chi connectivity index (χ0n) is 20.2. The molecule has 0 aliphatic carbocycles. The van der Waals surface area contributed by atoms with Gasteiger partial charge in [0.05, 0.1) is 23.5 Å². The van der Waals surface area contributed by atoms with E-state index in [2.05, 4.69) is 10.2 Å². The first-order valence-corrected chi connectivity index (χ1v) is 12.0. The van der Waals surface area contributed by atoms with Gasteiger partial charge < -0.3 is 19.9 Å². The Morgan fingerprint density at radius 2 is 1.53 bits per heavy atom. The van der Waals surface area contributed by atoms with Gasteiger partial charge in [-0.1, -0.05) is 48.5 Å². The minimum absolute atomic E-state index is 0.00693. The van der Waals surface area contributed by atoms with Crippen LogP contribution in [-0.4, -0.2) is 55.5 Å². The van der Waals surface area contributed by atoms with Crippen LogP contribution >= 0.6 is 0 Å². The van der Waals surface area contributed by atoms with Crippen LogP contribution in [0.3, 0.4) is 0 Å². The molecule has 1 aliphatic heterocycles. The summed E-state index contributed by atoms with van der Waals surface area (Å²) in [4.78, 5) is 41.8. The number of anilines is 2. The Morgan fingerprint density at radius 1 is 0.861 bits per heavy atom. The van der Waals surface area contributed by atoms with Crippen molar-refractivity contribution in [2.75, 3.05) is 43.0 Å². The van der Waals surface area contributed by atoms with Crippen molar-refractivity contribution < 1.29 is 19.1 Å². The smallest absolute Gasteiger partial charge is 0.338 e. The standard InChI is InChI=1S/C29H29N3O4/c1-2-36-29(35)24-14-15-26(25(21-24)30-27(33)16-13-22-9-5-3-6-10-22)31-17-19-32(20-18-31)28(34)23-11-7-4-8-12-23/h3-16,21H,2,17-20H2,1H3,(H,30,33)/b16-13+. The minimum atomic E-state index is -0.447. The van der Waals surface area contributed by atoms with Crippen LogP contribution in [0.25, 0.3) is 6.08 Å². The van der Waals surface area contributed by atoms with Gasteiger partial charge in [-0.25, -0.2) is 4.79 Å². The monoisotopic (exact) mass is 483 g/mol. The van der Waals surface area contributed by atoms with Gasteiger partial charge in [0, 0.05) is 37.8 Å². The molecule has 1 saturated heterocycles. The Bertz CT molecular complexity index is 1230. The largest absolute Gasteiger partial charge is 0.462 e. The van der Waals surface area contributed by atoms with E-state index in [-0.39, 0.29) is 18.4 Å². The normalized spacial score (nSPS) is 13.5. The highest BCUT2D eigenvalue weighted by Gasteiger charge is 2.24. The maximum atomic E-state index is 12.8. The molecule has 0 atom stereocenters. The zero-order valence-corrected chi connectivity index (χ0v) is 20.2. The summed E-state index contributed by atoms with van der Waals surface area (Å²) in [5.41, 5.74) is 3.25. The van der Waals surface area contributed by atoms with Crippen molar-refractivity contribution in [1.82, 2.24) is 4.90 Å². The molecule has 184 valence electrons. The third-order valence-corrected chi connectivity index (χ3v) is 5.92. The van der Waals surface area contributed by atoms with Gasteiger partial charge in [0.15, 0.2) is 0 Å². The number of carbonyl (C=O) groups excluding carboxylic acids is 3. The van der Waals surface area contributed by atoms with Crippen LogP contribution in [0, 0.1) is 0 Å². The summed E-state index contributed by atoms with van der Waals surface area (Å²) in [7, 11) is 0. The van der Waals surface area contributed by atoms with Crippen molar-refractivity contribution in [3.8, 4) is 0 Å². The lowest BCUT2D eigenvalue weighted by Gasteiger charge is -2.37. The molecule has 7 nitrogen and oxygen atoms in total. The molecule has 0 saturated carbocycles. The van der Waals surface area contributed by atoms with E-state index in [0.717, 1.165) is 11.3 Å². The molecule has 1 fully saturated rings. The first-order valence-electron chi connectivity index (χ1n) is 12.0. The van der Waals surface area contributed by atoms with Crippen LogP contribution in [0.5, 0.6) is 0 Å². The average molecular weight is 484 g/mol. The van der Waals surface area contributed by atoms with Crippen molar-refractivity contribution >= 4 is 35.2 Å². The number of nitrogens with zero attached hydrogens (tertiary/aromatic N) is 2. The molecule has 1 N–H and O–H groups in total. The molecule has 1 heterocycles. The van der Waals surface area contributed by atoms with Crippen LogP contribution in [-0.2, 0) is 9.53 Å².